The third kappa shape index (κ3) is 11.6. The minimum atomic E-state index is -5.17. The van der Waals surface area contributed by atoms with Crippen LogP contribution in [0.25, 0.3) is 0 Å². The summed E-state index contributed by atoms with van der Waals surface area (Å²) in [4.78, 5) is 23.6. The Balaban J connectivity index is 2.15. The first-order valence-corrected chi connectivity index (χ1v) is 13.1. The lowest BCUT2D eigenvalue weighted by Crippen LogP contribution is -2.53. The van der Waals surface area contributed by atoms with Gasteiger partial charge in [-0.15, -0.1) is 26.3 Å². The van der Waals surface area contributed by atoms with Crippen molar-refractivity contribution in [2.75, 3.05) is 13.2 Å². The van der Waals surface area contributed by atoms with Crippen molar-refractivity contribution in [1.29, 1.82) is 0 Å². The standard InChI is InChI=1S/C29H25F9N2O6/c30-27(31,32)17-39-25(43)40-26(19-4-1-6-22(14-19)45-28(33,34)35,20-5-2-7-23(15-20)46-29(36,37)38)16-18-9-11-21(12-10-18)44-13-3-8-24(41)42/h1-2,4-7,9-12,14-15H,3,8,13,16-17H2,(H,41,42)(H2,39,40,43). The van der Waals surface area contributed by atoms with Crippen molar-refractivity contribution in [3.63, 3.8) is 0 Å². The summed E-state index contributed by atoms with van der Waals surface area (Å²) in [5, 5.41) is 12.7. The van der Waals surface area contributed by atoms with Gasteiger partial charge in [-0.05, 0) is 59.5 Å². The first-order chi connectivity index (χ1) is 21.3. The van der Waals surface area contributed by atoms with Gasteiger partial charge in [-0.1, -0.05) is 36.4 Å². The van der Waals surface area contributed by atoms with Gasteiger partial charge in [0.2, 0.25) is 0 Å². The summed E-state index contributed by atoms with van der Waals surface area (Å²) in [6.45, 7) is -1.77. The second kappa shape index (κ2) is 14.5. The number of alkyl halides is 9. The summed E-state index contributed by atoms with van der Waals surface area (Å²) in [7, 11) is 0. The predicted octanol–water partition coefficient (Wildman–Crippen LogP) is 7.08. The van der Waals surface area contributed by atoms with E-state index in [1.165, 1.54) is 36.4 Å². The molecule has 0 aliphatic heterocycles. The van der Waals surface area contributed by atoms with Crippen molar-refractivity contribution < 1.29 is 68.4 Å². The Bertz CT molecular complexity index is 1420. The zero-order valence-electron chi connectivity index (χ0n) is 23.4. The summed E-state index contributed by atoms with van der Waals surface area (Å²) < 4.78 is 131. The Kier molecular flexibility index (Phi) is 11.2. The molecule has 0 aliphatic rings. The SMILES string of the molecule is O=C(O)CCCOc1ccc(CC(NC(=O)NCC(F)(F)F)(c2cccc(OC(F)(F)F)c2)c2cccc(OC(F)(F)F)c2)cc1. The number of nitrogens with one attached hydrogen (secondary N) is 2. The van der Waals surface area contributed by atoms with Gasteiger partial charge in [-0.3, -0.25) is 4.79 Å². The van der Waals surface area contributed by atoms with E-state index in [2.05, 4.69) is 14.8 Å². The molecule has 17 heteroatoms. The van der Waals surface area contributed by atoms with E-state index < -0.39 is 60.9 Å². The zero-order chi connectivity index (χ0) is 34.2. The number of aliphatic carboxylic acids is 1. The van der Waals surface area contributed by atoms with Gasteiger partial charge in [0.05, 0.1) is 12.1 Å². The smallest absolute Gasteiger partial charge is 0.494 e. The molecule has 3 rings (SSSR count). The van der Waals surface area contributed by atoms with Crippen molar-refractivity contribution in [1.82, 2.24) is 10.6 Å². The van der Waals surface area contributed by atoms with Crippen LogP contribution in [0.3, 0.4) is 0 Å². The van der Waals surface area contributed by atoms with E-state index in [1.807, 2.05) is 0 Å². The van der Waals surface area contributed by atoms with Crippen LogP contribution in [0.5, 0.6) is 17.2 Å². The van der Waals surface area contributed by atoms with Crippen LogP contribution in [0.2, 0.25) is 0 Å². The van der Waals surface area contributed by atoms with Gasteiger partial charge in [0.25, 0.3) is 0 Å². The first-order valence-electron chi connectivity index (χ1n) is 13.1. The number of benzene rings is 3. The van der Waals surface area contributed by atoms with Crippen molar-refractivity contribution in [2.24, 2.45) is 0 Å². The van der Waals surface area contributed by atoms with Crippen LogP contribution in [0.15, 0.2) is 72.8 Å². The molecule has 0 radical (unpaired) electrons. The minimum Gasteiger partial charge on any atom is -0.494 e. The van der Waals surface area contributed by atoms with Crippen LogP contribution in [0.1, 0.15) is 29.5 Å². The van der Waals surface area contributed by atoms with Gasteiger partial charge in [-0.25, -0.2) is 4.79 Å². The molecule has 250 valence electrons. The fraction of sp³-hybridized carbons (Fsp3) is 0.310. The van der Waals surface area contributed by atoms with Crippen molar-refractivity contribution in [3.05, 3.63) is 89.5 Å². The second-order valence-electron chi connectivity index (χ2n) is 9.65. The Hall–Kier alpha value is -4.83. The molecule has 0 fully saturated rings. The van der Waals surface area contributed by atoms with Crippen molar-refractivity contribution in [2.45, 2.75) is 43.7 Å². The molecule has 0 aliphatic carbocycles. The molecular weight excluding hydrogens is 643 g/mol. The molecule has 0 saturated carbocycles. The fourth-order valence-corrected chi connectivity index (χ4v) is 4.32. The van der Waals surface area contributed by atoms with Crippen LogP contribution in [-0.4, -0.2) is 49.2 Å². The number of hydrogen-bond donors (Lipinski definition) is 3. The first kappa shape index (κ1) is 35.6. The molecule has 2 amide bonds. The molecular formula is C29H25F9N2O6. The third-order valence-electron chi connectivity index (χ3n) is 6.09. The number of urea groups is 1. The van der Waals surface area contributed by atoms with Crippen LogP contribution in [-0.2, 0) is 16.8 Å². The van der Waals surface area contributed by atoms with Crippen molar-refractivity contribution in [3.8, 4) is 17.2 Å². The molecule has 3 aromatic carbocycles. The Morgan fingerprint density at radius 3 is 1.70 bits per heavy atom. The number of rotatable bonds is 13. The number of carbonyl (C=O) groups is 2. The highest BCUT2D eigenvalue weighted by Crippen LogP contribution is 2.38. The molecule has 0 atom stereocenters. The number of ether oxygens (including phenoxy) is 3. The largest absolute Gasteiger partial charge is 0.573 e. The molecule has 0 aromatic heterocycles. The Morgan fingerprint density at radius 1 is 0.717 bits per heavy atom. The normalized spacial score (nSPS) is 12.3. The lowest BCUT2D eigenvalue weighted by molar-refractivity contribution is -0.275. The summed E-state index contributed by atoms with van der Waals surface area (Å²) >= 11 is 0. The van der Waals surface area contributed by atoms with Crippen LogP contribution in [0, 0.1) is 0 Å². The number of halogens is 9. The number of hydrogen-bond acceptors (Lipinski definition) is 5. The molecule has 3 aromatic rings. The van der Waals surface area contributed by atoms with E-state index in [0.29, 0.717) is 5.56 Å². The monoisotopic (exact) mass is 668 g/mol. The van der Waals surface area contributed by atoms with Gasteiger partial charge in [0, 0.05) is 12.8 Å². The average molecular weight is 669 g/mol. The summed E-state index contributed by atoms with van der Waals surface area (Å²) in [5.74, 6) is -2.34. The Morgan fingerprint density at radius 2 is 1.24 bits per heavy atom. The molecule has 3 N–H and O–H groups in total. The van der Waals surface area contributed by atoms with E-state index in [0.717, 1.165) is 36.4 Å². The summed E-state index contributed by atoms with van der Waals surface area (Å²) in [6.07, 6.45) is -15.6. The van der Waals surface area contributed by atoms with E-state index in [4.69, 9.17) is 9.84 Å². The lowest BCUT2D eigenvalue weighted by atomic mass is 9.77. The van der Waals surface area contributed by atoms with E-state index in [-0.39, 0.29) is 36.3 Å². The molecule has 46 heavy (non-hydrogen) atoms. The highest BCUT2D eigenvalue weighted by molar-refractivity contribution is 5.76. The molecule has 0 spiro atoms. The molecule has 0 saturated heterocycles. The van der Waals surface area contributed by atoms with Crippen LogP contribution in [0.4, 0.5) is 44.3 Å². The maximum absolute atomic E-state index is 13.1. The molecule has 8 nitrogen and oxygen atoms in total. The maximum Gasteiger partial charge on any atom is 0.573 e. The van der Waals surface area contributed by atoms with Gasteiger partial charge < -0.3 is 30.0 Å². The van der Waals surface area contributed by atoms with E-state index in [1.54, 1.807) is 5.32 Å². The van der Waals surface area contributed by atoms with Gasteiger partial charge in [0.1, 0.15) is 23.8 Å². The van der Waals surface area contributed by atoms with Gasteiger partial charge in [-0.2, -0.15) is 13.2 Å². The number of carboxylic acid groups (broad SMARTS) is 1. The van der Waals surface area contributed by atoms with Gasteiger partial charge >= 0.3 is 30.9 Å². The Labute approximate surface area is 255 Å². The quantitative estimate of drug-likeness (QED) is 0.133. The highest BCUT2D eigenvalue weighted by Gasteiger charge is 2.40. The minimum absolute atomic E-state index is 0.0362. The predicted molar refractivity (Wildman–Crippen MR) is 142 cm³/mol. The average Bonchev–Trinajstić information content (AvgIpc) is 2.93. The van der Waals surface area contributed by atoms with Gasteiger partial charge in [0.15, 0.2) is 0 Å². The second-order valence-corrected chi connectivity index (χ2v) is 9.65. The molecule has 0 unspecified atom stereocenters. The summed E-state index contributed by atoms with van der Waals surface area (Å²) in [5.41, 5.74) is -2.27. The number of carbonyl (C=O) groups excluding carboxylic acids is 1. The topological polar surface area (TPSA) is 106 Å². The number of amides is 2. The lowest BCUT2D eigenvalue weighted by Gasteiger charge is -2.37. The summed E-state index contributed by atoms with van der Waals surface area (Å²) in [6, 6.07) is 12.3. The van der Waals surface area contributed by atoms with Crippen LogP contribution >= 0.6 is 0 Å². The third-order valence-corrected chi connectivity index (χ3v) is 6.09. The maximum atomic E-state index is 13.1. The van der Waals surface area contributed by atoms with E-state index >= 15 is 0 Å². The van der Waals surface area contributed by atoms with E-state index in [9.17, 15) is 49.1 Å². The molecule has 0 heterocycles. The molecule has 0 bridgehead atoms. The number of carboxylic acids is 1. The fourth-order valence-electron chi connectivity index (χ4n) is 4.32. The van der Waals surface area contributed by atoms with Crippen molar-refractivity contribution >= 4 is 12.0 Å². The highest BCUT2D eigenvalue weighted by atomic mass is 19.4. The van der Waals surface area contributed by atoms with Crippen LogP contribution < -0.4 is 24.8 Å². The zero-order valence-corrected chi connectivity index (χ0v) is 23.4.